The maximum absolute atomic E-state index is 10.5. The van der Waals surface area contributed by atoms with E-state index in [2.05, 4.69) is 6.08 Å². The number of hydrogen-bond acceptors (Lipinski definition) is 1. The zero-order valence-electron chi connectivity index (χ0n) is 11.0. The van der Waals surface area contributed by atoms with Gasteiger partial charge in [-0.25, -0.2) is 0 Å². The molecule has 1 atom stereocenters. The van der Waals surface area contributed by atoms with Gasteiger partial charge in [-0.05, 0) is 55.4 Å². The highest BCUT2D eigenvalue weighted by Gasteiger charge is 2.15. The highest BCUT2D eigenvalue weighted by Crippen LogP contribution is 2.30. The lowest BCUT2D eigenvalue weighted by Gasteiger charge is -2.18. The molecule has 18 heavy (non-hydrogen) atoms. The Morgan fingerprint density at radius 3 is 2.72 bits per heavy atom. The van der Waals surface area contributed by atoms with Crippen LogP contribution < -0.4 is 0 Å². The van der Waals surface area contributed by atoms with Crippen molar-refractivity contribution < 1.29 is 5.11 Å². The first-order chi connectivity index (χ1) is 8.68. The van der Waals surface area contributed by atoms with Crippen LogP contribution >= 0.6 is 11.6 Å². The van der Waals surface area contributed by atoms with Crippen molar-refractivity contribution in [1.82, 2.24) is 0 Å². The van der Waals surface area contributed by atoms with Gasteiger partial charge in [0.05, 0.1) is 0 Å². The summed E-state index contributed by atoms with van der Waals surface area (Å²) in [6.45, 7) is 1.98. The summed E-state index contributed by atoms with van der Waals surface area (Å²) in [5.41, 5.74) is 3.13. The average molecular weight is 265 g/mol. The Balaban J connectivity index is 2.18. The number of hydrogen-bond donors (Lipinski definition) is 1. The smallest absolute Gasteiger partial charge is 0.100 e. The van der Waals surface area contributed by atoms with Crippen LogP contribution in [0.4, 0.5) is 0 Å². The van der Waals surface area contributed by atoms with Crippen LogP contribution in [0.25, 0.3) is 0 Å². The normalized spacial score (nSPS) is 21.6. The standard InChI is InChI=1S/C16H21ClO/c1-12-9-10-14(11-15(12)17)16(18)13-7-5-3-2-4-6-8-13/h7,9-11,16,18H,2-6,8H2,1H3/b13-7+. The highest BCUT2D eigenvalue weighted by atomic mass is 35.5. The van der Waals surface area contributed by atoms with E-state index in [1.54, 1.807) is 0 Å². The summed E-state index contributed by atoms with van der Waals surface area (Å²) in [6.07, 6.45) is 8.85. The Hall–Kier alpha value is -0.790. The molecule has 98 valence electrons. The van der Waals surface area contributed by atoms with Crippen molar-refractivity contribution >= 4 is 11.6 Å². The monoisotopic (exact) mass is 264 g/mol. The maximum Gasteiger partial charge on any atom is 0.100 e. The molecule has 2 rings (SSSR count). The van der Waals surface area contributed by atoms with E-state index in [9.17, 15) is 5.11 Å². The summed E-state index contributed by atoms with van der Waals surface area (Å²) < 4.78 is 0. The van der Waals surface area contributed by atoms with Crippen LogP contribution in [-0.2, 0) is 0 Å². The van der Waals surface area contributed by atoms with Crippen LogP contribution in [0.15, 0.2) is 29.8 Å². The van der Waals surface area contributed by atoms with Gasteiger partial charge in [0.2, 0.25) is 0 Å². The molecule has 1 unspecified atom stereocenters. The number of rotatable bonds is 2. The first-order valence-electron chi connectivity index (χ1n) is 6.81. The predicted octanol–water partition coefficient (Wildman–Crippen LogP) is 4.96. The van der Waals surface area contributed by atoms with E-state index in [0.29, 0.717) is 0 Å². The summed E-state index contributed by atoms with van der Waals surface area (Å²) in [7, 11) is 0. The SMILES string of the molecule is Cc1ccc(C(O)/C2=C/CCCCCC2)cc1Cl. The van der Waals surface area contributed by atoms with Crippen LogP contribution in [0.2, 0.25) is 5.02 Å². The van der Waals surface area contributed by atoms with Crippen molar-refractivity contribution in [2.45, 2.75) is 51.6 Å². The lowest BCUT2D eigenvalue weighted by molar-refractivity contribution is 0.209. The number of allylic oxidation sites excluding steroid dienone is 1. The van der Waals surface area contributed by atoms with Gasteiger partial charge in [-0.2, -0.15) is 0 Å². The summed E-state index contributed by atoms with van der Waals surface area (Å²) >= 11 is 6.12. The Morgan fingerprint density at radius 2 is 1.94 bits per heavy atom. The van der Waals surface area contributed by atoms with Crippen LogP contribution in [-0.4, -0.2) is 5.11 Å². The number of aliphatic hydroxyl groups excluding tert-OH is 1. The van der Waals surface area contributed by atoms with Gasteiger partial charge in [-0.3, -0.25) is 0 Å². The Kier molecular flexibility index (Phi) is 4.85. The van der Waals surface area contributed by atoms with Gasteiger partial charge < -0.3 is 5.11 Å². The van der Waals surface area contributed by atoms with Crippen LogP contribution in [0.1, 0.15) is 55.8 Å². The summed E-state index contributed by atoms with van der Waals surface area (Å²) in [5.74, 6) is 0. The van der Waals surface area contributed by atoms with Gasteiger partial charge in [0, 0.05) is 5.02 Å². The van der Waals surface area contributed by atoms with E-state index >= 15 is 0 Å². The molecule has 1 nitrogen and oxygen atoms in total. The quantitative estimate of drug-likeness (QED) is 0.749. The van der Waals surface area contributed by atoms with Crippen LogP contribution in [0.5, 0.6) is 0 Å². The van der Waals surface area contributed by atoms with Gasteiger partial charge in [0.15, 0.2) is 0 Å². The third-order valence-corrected chi connectivity index (χ3v) is 4.10. The van der Waals surface area contributed by atoms with Crippen molar-refractivity contribution in [2.75, 3.05) is 0 Å². The second-order valence-corrected chi connectivity index (χ2v) is 5.55. The molecule has 0 heterocycles. The van der Waals surface area contributed by atoms with Crippen molar-refractivity contribution in [1.29, 1.82) is 0 Å². The minimum absolute atomic E-state index is 0.485. The molecule has 0 saturated heterocycles. The van der Waals surface area contributed by atoms with Gasteiger partial charge in [-0.15, -0.1) is 0 Å². The van der Waals surface area contributed by atoms with Gasteiger partial charge in [0.25, 0.3) is 0 Å². The largest absolute Gasteiger partial charge is 0.384 e. The molecule has 0 amide bonds. The first-order valence-corrected chi connectivity index (χ1v) is 7.19. The number of benzene rings is 1. The average Bonchev–Trinajstić information content (AvgIpc) is 2.31. The number of halogens is 1. The molecule has 0 radical (unpaired) electrons. The molecule has 1 aliphatic rings. The molecular formula is C16H21ClO. The van der Waals surface area contributed by atoms with Crippen LogP contribution in [0, 0.1) is 6.92 Å². The molecule has 0 aliphatic heterocycles. The molecule has 1 aromatic rings. The molecule has 0 fully saturated rings. The van der Waals surface area contributed by atoms with Crippen molar-refractivity contribution in [3.05, 3.63) is 46.0 Å². The zero-order valence-corrected chi connectivity index (χ0v) is 11.7. The van der Waals surface area contributed by atoms with E-state index in [1.807, 2.05) is 25.1 Å². The van der Waals surface area contributed by atoms with E-state index in [0.717, 1.165) is 34.6 Å². The first kappa shape index (κ1) is 13.6. The van der Waals surface area contributed by atoms with E-state index in [1.165, 1.54) is 25.7 Å². The molecular weight excluding hydrogens is 244 g/mol. The zero-order chi connectivity index (χ0) is 13.0. The lowest BCUT2D eigenvalue weighted by Crippen LogP contribution is -2.04. The van der Waals surface area contributed by atoms with Gasteiger partial charge in [-0.1, -0.05) is 42.7 Å². The minimum atomic E-state index is -0.485. The maximum atomic E-state index is 10.5. The molecule has 0 bridgehead atoms. The predicted molar refractivity (Wildman–Crippen MR) is 76.9 cm³/mol. The fraction of sp³-hybridized carbons (Fsp3) is 0.500. The molecule has 0 saturated carbocycles. The van der Waals surface area contributed by atoms with E-state index in [4.69, 9.17) is 11.6 Å². The third kappa shape index (κ3) is 3.37. The van der Waals surface area contributed by atoms with Crippen molar-refractivity contribution in [2.24, 2.45) is 0 Å². The van der Waals surface area contributed by atoms with Crippen molar-refractivity contribution in [3.63, 3.8) is 0 Å². The summed E-state index contributed by atoms with van der Waals surface area (Å²) in [5, 5.41) is 11.2. The molecule has 0 spiro atoms. The fourth-order valence-corrected chi connectivity index (χ4v) is 2.65. The molecule has 0 aromatic heterocycles. The third-order valence-electron chi connectivity index (χ3n) is 3.69. The Bertz CT molecular complexity index is 437. The molecule has 1 N–H and O–H groups in total. The second kappa shape index (κ2) is 6.40. The molecule has 2 heteroatoms. The van der Waals surface area contributed by atoms with Crippen LogP contribution in [0.3, 0.4) is 0 Å². The summed E-state index contributed by atoms with van der Waals surface area (Å²) in [4.78, 5) is 0. The molecule has 1 aliphatic carbocycles. The Labute approximate surface area is 114 Å². The minimum Gasteiger partial charge on any atom is -0.384 e. The van der Waals surface area contributed by atoms with E-state index in [-0.39, 0.29) is 0 Å². The number of aryl methyl sites for hydroxylation is 1. The topological polar surface area (TPSA) is 20.2 Å². The molecule has 1 aromatic carbocycles. The second-order valence-electron chi connectivity index (χ2n) is 5.14. The Morgan fingerprint density at radius 1 is 1.17 bits per heavy atom. The number of aliphatic hydroxyl groups is 1. The fourth-order valence-electron chi connectivity index (χ4n) is 2.46. The van der Waals surface area contributed by atoms with E-state index < -0.39 is 6.10 Å². The lowest BCUT2D eigenvalue weighted by atomic mass is 9.92. The highest BCUT2D eigenvalue weighted by molar-refractivity contribution is 6.31. The van der Waals surface area contributed by atoms with Gasteiger partial charge >= 0.3 is 0 Å². The van der Waals surface area contributed by atoms with Gasteiger partial charge in [0.1, 0.15) is 6.10 Å². The van der Waals surface area contributed by atoms with Crippen molar-refractivity contribution in [3.8, 4) is 0 Å². The summed E-state index contributed by atoms with van der Waals surface area (Å²) in [6, 6.07) is 5.84.